The molecule has 3 aromatic rings. The summed E-state index contributed by atoms with van der Waals surface area (Å²) in [5.41, 5.74) is 0.981. The van der Waals surface area contributed by atoms with E-state index in [1.807, 2.05) is 24.3 Å². The van der Waals surface area contributed by atoms with Crippen LogP contribution in [0.3, 0.4) is 0 Å². The lowest BCUT2D eigenvalue weighted by molar-refractivity contribution is 0.0509. The van der Waals surface area contributed by atoms with E-state index in [1.165, 1.54) is 0 Å². The molecule has 3 rings (SSSR count). The zero-order valence-corrected chi connectivity index (χ0v) is 14.2. The first-order valence-corrected chi connectivity index (χ1v) is 9.27. The molecule has 0 unspecified atom stereocenters. The molecule has 128 valence electrons. The predicted molar refractivity (Wildman–Crippen MR) is 95.7 cm³/mol. The third-order valence-corrected chi connectivity index (χ3v) is 4.91. The summed E-state index contributed by atoms with van der Waals surface area (Å²) in [4.78, 5) is 12.0. The first-order valence-electron chi connectivity index (χ1n) is 7.72. The molecular formula is C19H17NO4S. The van der Waals surface area contributed by atoms with E-state index in [9.17, 15) is 13.2 Å². The first kappa shape index (κ1) is 17.1. The Morgan fingerprint density at radius 2 is 1.60 bits per heavy atom. The van der Waals surface area contributed by atoms with Gasteiger partial charge >= 0.3 is 5.97 Å². The Morgan fingerprint density at radius 3 is 2.32 bits per heavy atom. The van der Waals surface area contributed by atoms with Crippen LogP contribution in [0.15, 0.2) is 71.6 Å². The number of esters is 1. The predicted octanol–water partition coefficient (Wildman–Crippen LogP) is 2.89. The minimum Gasteiger partial charge on any atom is -0.462 e. The second kappa shape index (κ2) is 7.04. The van der Waals surface area contributed by atoms with Crippen molar-refractivity contribution in [1.29, 1.82) is 0 Å². The number of primary sulfonamides is 1. The molecule has 0 fully saturated rings. The monoisotopic (exact) mass is 355 g/mol. The van der Waals surface area contributed by atoms with Crippen molar-refractivity contribution in [2.75, 3.05) is 6.61 Å². The maximum atomic E-state index is 12.1. The molecule has 0 atom stereocenters. The number of sulfonamides is 1. The average Bonchev–Trinajstić information content (AvgIpc) is 2.61. The molecule has 0 spiro atoms. The van der Waals surface area contributed by atoms with E-state index >= 15 is 0 Å². The molecule has 6 heteroatoms. The second-order valence-corrected chi connectivity index (χ2v) is 7.07. The number of hydrogen-bond donors (Lipinski definition) is 1. The maximum absolute atomic E-state index is 12.1. The summed E-state index contributed by atoms with van der Waals surface area (Å²) in [6, 6.07) is 19.3. The molecular weight excluding hydrogens is 338 g/mol. The van der Waals surface area contributed by atoms with Crippen molar-refractivity contribution in [2.45, 2.75) is 11.3 Å². The van der Waals surface area contributed by atoms with E-state index in [-0.39, 0.29) is 17.9 Å². The van der Waals surface area contributed by atoms with Crippen molar-refractivity contribution in [3.05, 3.63) is 77.9 Å². The zero-order chi connectivity index (χ0) is 17.9. The highest BCUT2D eigenvalue weighted by Gasteiger charge is 2.18. The minimum absolute atomic E-state index is 0.0641. The third kappa shape index (κ3) is 3.87. The van der Waals surface area contributed by atoms with Gasteiger partial charge in [-0.3, -0.25) is 0 Å². The summed E-state index contributed by atoms with van der Waals surface area (Å²) < 4.78 is 29.3. The largest absolute Gasteiger partial charge is 0.462 e. The summed E-state index contributed by atoms with van der Waals surface area (Å²) in [7, 11) is -3.90. The molecule has 25 heavy (non-hydrogen) atoms. The number of fused-ring (bicyclic) bond motifs is 1. The fraction of sp³-hybridized carbons (Fsp3) is 0.105. The second-order valence-electron chi connectivity index (χ2n) is 5.57. The van der Waals surface area contributed by atoms with Crippen LogP contribution in [0.25, 0.3) is 10.8 Å². The molecule has 0 heterocycles. The van der Waals surface area contributed by atoms with Crippen LogP contribution in [0.2, 0.25) is 0 Å². The molecule has 0 aromatic heterocycles. The number of nitrogens with two attached hydrogens (primary N) is 1. The van der Waals surface area contributed by atoms with E-state index in [2.05, 4.69) is 0 Å². The van der Waals surface area contributed by atoms with Gasteiger partial charge in [-0.05, 0) is 23.1 Å². The van der Waals surface area contributed by atoms with Crippen LogP contribution in [-0.2, 0) is 21.2 Å². The van der Waals surface area contributed by atoms with Crippen LogP contribution in [0.5, 0.6) is 0 Å². The van der Waals surface area contributed by atoms with Gasteiger partial charge in [0.1, 0.15) is 0 Å². The van der Waals surface area contributed by atoms with Crippen molar-refractivity contribution in [1.82, 2.24) is 0 Å². The van der Waals surface area contributed by atoms with Crippen LogP contribution >= 0.6 is 0 Å². The Hall–Kier alpha value is -2.70. The number of ether oxygens (including phenoxy) is 1. The lowest BCUT2D eigenvalue weighted by Gasteiger charge is -2.12. The van der Waals surface area contributed by atoms with E-state index < -0.39 is 16.0 Å². The smallest absolute Gasteiger partial charge is 0.338 e. The molecule has 0 aliphatic carbocycles. The molecule has 0 aliphatic rings. The van der Waals surface area contributed by atoms with Gasteiger partial charge in [-0.15, -0.1) is 0 Å². The lowest BCUT2D eigenvalue weighted by Crippen LogP contribution is -2.16. The number of hydrogen-bond acceptors (Lipinski definition) is 4. The first-order chi connectivity index (χ1) is 12.0. The highest BCUT2D eigenvalue weighted by atomic mass is 32.2. The van der Waals surface area contributed by atoms with E-state index in [4.69, 9.17) is 9.88 Å². The molecule has 0 radical (unpaired) electrons. The summed E-state index contributed by atoms with van der Waals surface area (Å²) in [6.07, 6.45) is 0.259. The van der Waals surface area contributed by atoms with Gasteiger partial charge < -0.3 is 4.74 Å². The molecule has 5 nitrogen and oxygen atoms in total. The number of carbonyl (C=O) groups excluding carboxylic acids is 1. The Balaban J connectivity index is 1.83. The van der Waals surface area contributed by atoms with Gasteiger partial charge in [0, 0.05) is 11.8 Å². The van der Waals surface area contributed by atoms with Gasteiger partial charge in [-0.1, -0.05) is 54.6 Å². The van der Waals surface area contributed by atoms with E-state index in [0.717, 1.165) is 5.39 Å². The molecule has 0 bridgehead atoms. The molecule has 0 saturated heterocycles. The highest BCUT2D eigenvalue weighted by Crippen LogP contribution is 2.26. The summed E-state index contributed by atoms with van der Waals surface area (Å²) in [6.45, 7) is 0.0641. The van der Waals surface area contributed by atoms with Crippen LogP contribution in [0.4, 0.5) is 0 Å². The number of carbonyl (C=O) groups is 1. The Kier molecular flexibility index (Phi) is 4.83. The van der Waals surface area contributed by atoms with Crippen LogP contribution in [0.1, 0.15) is 15.9 Å². The van der Waals surface area contributed by atoms with Crippen LogP contribution in [0, 0.1) is 0 Å². The average molecular weight is 355 g/mol. The summed E-state index contributed by atoms with van der Waals surface area (Å²) in [5, 5.41) is 6.77. The summed E-state index contributed by atoms with van der Waals surface area (Å²) >= 11 is 0. The van der Waals surface area contributed by atoms with Crippen molar-refractivity contribution < 1.29 is 17.9 Å². The standard InChI is InChI=1S/C19H17NO4S/c20-25(22,23)18-15(11-10-14-6-4-5-9-17(14)18)12-13-24-19(21)16-7-2-1-3-8-16/h1-11H,12-13H2,(H2,20,22,23). The zero-order valence-electron chi connectivity index (χ0n) is 13.4. The molecule has 3 aromatic carbocycles. The van der Waals surface area contributed by atoms with Gasteiger partial charge in [0.2, 0.25) is 10.0 Å². The van der Waals surface area contributed by atoms with E-state index in [0.29, 0.717) is 16.5 Å². The van der Waals surface area contributed by atoms with Gasteiger partial charge in [0.25, 0.3) is 0 Å². The summed E-state index contributed by atoms with van der Waals surface area (Å²) in [5.74, 6) is -0.446. The maximum Gasteiger partial charge on any atom is 0.338 e. The topological polar surface area (TPSA) is 86.5 Å². The fourth-order valence-electron chi connectivity index (χ4n) is 2.73. The lowest BCUT2D eigenvalue weighted by atomic mass is 10.1. The fourth-order valence-corrected chi connectivity index (χ4v) is 3.76. The van der Waals surface area contributed by atoms with Crippen LogP contribution in [-0.4, -0.2) is 21.0 Å². The quantitative estimate of drug-likeness (QED) is 0.713. The Labute approximate surface area is 146 Å². The molecule has 0 amide bonds. The van der Waals surface area contributed by atoms with Gasteiger partial charge in [-0.25, -0.2) is 18.4 Å². The number of benzene rings is 3. The van der Waals surface area contributed by atoms with Crippen molar-refractivity contribution in [2.24, 2.45) is 5.14 Å². The third-order valence-electron chi connectivity index (χ3n) is 3.86. The molecule has 2 N–H and O–H groups in total. The molecule has 0 saturated carbocycles. The Bertz CT molecular complexity index is 1010. The highest BCUT2D eigenvalue weighted by molar-refractivity contribution is 7.89. The Morgan fingerprint density at radius 1 is 0.920 bits per heavy atom. The number of rotatable bonds is 5. The van der Waals surface area contributed by atoms with Gasteiger partial charge in [0.05, 0.1) is 17.1 Å². The van der Waals surface area contributed by atoms with Gasteiger partial charge in [-0.2, -0.15) is 0 Å². The normalized spacial score (nSPS) is 11.4. The minimum atomic E-state index is -3.90. The van der Waals surface area contributed by atoms with Crippen molar-refractivity contribution in [3.8, 4) is 0 Å². The van der Waals surface area contributed by atoms with Gasteiger partial charge in [0.15, 0.2) is 0 Å². The molecule has 0 aliphatic heterocycles. The van der Waals surface area contributed by atoms with Crippen LogP contribution < -0.4 is 5.14 Å². The van der Waals surface area contributed by atoms with Crippen molar-refractivity contribution in [3.63, 3.8) is 0 Å². The van der Waals surface area contributed by atoms with E-state index in [1.54, 1.807) is 42.5 Å². The SMILES string of the molecule is NS(=O)(=O)c1c(CCOC(=O)c2ccccc2)ccc2ccccc12. The van der Waals surface area contributed by atoms with Crippen molar-refractivity contribution >= 4 is 26.8 Å².